The number of nitrogens with one attached hydrogen (secondary N) is 1. The Morgan fingerprint density at radius 1 is 0.935 bits per heavy atom. The third kappa shape index (κ3) is 3.52. The van der Waals surface area contributed by atoms with Crippen LogP contribution in [0.5, 0.6) is 0 Å². The lowest BCUT2D eigenvalue weighted by atomic mass is 9.48. The van der Waals surface area contributed by atoms with Crippen molar-refractivity contribution < 1.29 is 0 Å². The third-order valence-electron chi connectivity index (χ3n) is 8.77. The number of benzene rings is 2. The van der Waals surface area contributed by atoms with E-state index in [1.807, 2.05) is 12.1 Å². The maximum Gasteiger partial charge on any atom is 0.0491 e. The second-order valence-electron chi connectivity index (χ2n) is 10.8. The van der Waals surface area contributed by atoms with Gasteiger partial charge in [0.05, 0.1) is 0 Å². The van der Waals surface area contributed by atoms with Gasteiger partial charge in [-0.15, -0.1) is 0 Å². The van der Waals surface area contributed by atoms with Gasteiger partial charge in [0.15, 0.2) is 0 Å². The molecule has 2 nitrogen and oxygen atoms in total. The van der Waals surface area contributed by atoms with Crippen molar-refractivity contribution in [3.05, 3.63) is 70.9 Å². The second-order valence-corrected chi connectivity index (χ2v) is 11.2. The van der Waals surface area contributed by atoms with Gasteiger partial charge in [0.1, 0.15) is 0 Å². The molecular weight excluding hydrogens is 400 g/mol. The van der Waals surface area contributed by atoms with Gasteiger partial charge in [-0.05, 0) is 91.9 Å². The number of para-hydroxylation sites is 1. The van der Waals surface area contributed by atoms with Gasteiger partial charge in [0.2, 0.25) is 0 Å². The summed E-state index contributed by atoms with van der Waals surface area (Å²) in [5.41, 5.74) is 4.41. The summed E-state index contributed by atoms with van der Waals surface area (Å²) in [5, 5.41) is 6.20. The maximum absolute atomic E-state index is 6.46. The molecule has 1 unspecified atom stereocenters. The number of aromatic nitrogens is 1. The summed E-state index contributed by atoms with van der Waals surface area (Å²) in [6, 6.07) is 17.6. The summed E-state index contributed by atoms with van der Waals surface area (Å²) in [5.74, 6) is 3.02. The zero-order valence-corrected chi connectivity index (χ0v) is 19.2. The highest BCUT2D eigenvalue weighted by Gasteiger charge is 2.52. The molecular formula is C28H33ClN2. The topological polar surface area (TPSA) is 17.0 Å². The van der Waals surface area contributed by atoms with E-state index in [4.69, 9.17) is 11.6 Å². The molecule has 4 saturated carbocycles. The smallest absolute Gasteiger partial charge is 0.0491 e. The van der Waals surface area contributed by atoms with Crippen LogP contribution in [-0.2, 0) is 13.1 Å². The normalized spacial score (nSPS) is 30.2. The fourth-order valence-corrected chi connectivity index (χ4v) is 7.79. The Bertz CT molecular complexity index is 1060. The lowest BCUT2D eigenvalue weighted by Gasteiger charge is -2.59. The van der Waals surface area contributed by atoms with Crippen LogP contribution in [0.4, 0.5) is 0 Å². The first-order valence-electron chi connectivity index (χ1n) is 12.1. The monoisotopic (exact) mass is 432 g/mol. The average Bonchev–Trinajstić information content (AvgIpc) is 3.10. The lowest BCUT2D eigenvalue weighted by molar-refractivity contribution is -0.0706. The first-order valence-corrected chi connectivity index (χ1v) is 12.5. The fraction of sp³-hybridized carbons (Fsp3) is 0.500. The number of fused-ring (bicyclic) bond motifs is 1. The largest absolute Gasteiger partial charge is 0.343 e. The lowest BCUT2D eigenvalue weighted by Crippen LogP contribution is -2.54. The van der Waals surface area contributed by atoms with Crippen LogP contribution in [-0.4, -0.2) is 10.6 Å². The molecule has 4 aliphatic carbocycles. The Labute approximate surface area is 191 Å². The molecule has 2 aromatic carbocycles. The molecule has 31 heavy (non-hydrogen) atoms. The predicted molar refractivity (Wildman–Crippen MR) is 129 cm³/mol. The summed E-state index contributed by atoms with van der Waals surface area (Å²) < 4.78 is 2.36. The molecule has 1 atom stereocenters. The SMILES string of the molecule is CC(NCc1cn(Cc2ccccc2Cl)c2ccccc12)C12CC3CC(CC(C3)C1)C2. The molecule has 1 heterocycles. The highest BCUT2D eigenvalue weighted by Crippen LogP contribution is 2.61. The molecule has 3 heteroatoms. The molecule has 7 rings (SSSR count). The van der Waals surface area contributed by atoms with Gasteiger partial charge in [-0.2, -0.15) is 0 Å². The Balaban J connectivity index is 1.23. The van der Waals surface area contributed by atoms with Crippen molar-refractivity contribution in [2.75, 3.05) is 0 Å². The van der Waals surface area contributed by atoms with Crippen molar-refractivity contribution in [3.8, 4) is 0 Å². The summed E-state index contributed by atoms with van der Waals surface area (Å²) in [7, 11) is 0. The Morgan fingerprint density at radius 3 is 2.29 bits per heavy atom. The molecule has 1 aromatic heterocycles. The number of rotatable bonds is 6. The van der Waals surface area contributed by atoms with Crippen LogP contribution in [0.2, 0.25) is 5.02 Å². The van der Waals surface area contributed by atoms with Crippen molar-refractivity contribution in [2.24, 2.45) is 23.2 Å². The quantitative estimate of drug-likeness (QED) is 0.442. The molecule has 1 N–H and O–H groups in total. The van der Waals surface area contributed by atoms with E-state index >= 15 is 0 Å². The van der Waals surface area contributed by atoms with E-state index < -0.39 is 0 Å². The number of hydrogen-bond acceptors (Lipinski definition) is 1. The summed E-state index contributed by atoms with van der Waals surface area (Å²) in [4.78, 5) is 0. The molecule has 162 valence electrons. The minimum Gasteiger partial charge on any atom is -0.343 e. The van der Waals surface area contributed by atoms with Crippen LogP contribution >= 0.6 is 11.6 Å². The Kier molecular flexibility index (Phi) is 4.92. The molecule has 4 fully saturated rings. The molecule has 0 aliphatic heterocycles. The van der Waals surface area contributed by atoms with Gasteiger partial charge in [0, 0.05) is 41.3 Å². The minimum atomic E-state index is 0.546. The van der Waals surface area contributed by atoms with E-state index in [0.717, 1.165) is 35.9 Å². The average molecular weight is 433 g/mol. The van der Waals surface area contributed by atoms with Gasteiger partial charge < -0.3 is 9.88 Å². The van der Waals surface area contributed by atoms with Crippen molar-refractivity contribution in [1.82, 2.24) is 9.88 Å². The Morgan fingerprint density at radius 2 is 1.58 bits per heavy atom. The molecule has 4 aliphatic rings. The standard InChI is InChI=1S/C28H33ClN2/c1-19(28-13-20-10-21(14-28)12-22(11-20)15-28)30-16-24-18-31(27-9-5-3-7-25(24)27)17-23-6-2-4-8-26(23)29/h2-9,18-22,30H,10-17H2,1H3. The van der Waals surface area contributed by atoms with E-state index in [2.05, 4.69) is 59.4 Å². The number of nitrogens with zero attached hydrogens (tertiary/aromatic N) is 1. The summed E-state index contributed by atoms with van der Waals surface area (Å²) in [6.45, 7) is 4.22. The van der Waals surface area contributed by atoms with Crippen LogP contribution in [0, 0.1) is 23.2 Å². The van der Waals surface area contributed by atoms with E-state index in [1.165, 1.54) is 60.6 Å². The van der Waals surface area contributed by atoms with Gasteiger partial charge in [-0.25, -0.2) is 0 Å². The third-order valence-corrected chi connectivity index (χ3v) is 9.14. The van der Waals surface area contributed by atoms with Gasteiger partial charge in [0.25, 0.3) is 0 Å². The highest BCUT2D eigenvalue weighted by molar-refractivity contribution is 6.31. The summed E-state index contributed by atoms with van der Waals surface area (Å²) in [6.07, 6.45) is 11.3. The van der Waals surface area contributed by atoms with E-state index in [-0.39, 0.29) is 0 Å². The zero-order chi connectivity index (χ0) is 21.0. The maximum atomic E-state index is 6.46. The fourth-order valence-electron chi connectivity index (χ4n) is 7.59. The Hall–Kier alpha value is -1.77. The van der Waals surface area contributed by atoms with Crippen molar-refractivity contribution in [3.63, 3.8) is 0 Å². The van der Waals surface area contributed by atoms with Gasteiger partial charge in [-0.1, -0.05) is 48.0 Å². The molecule has 0 spiro atoms. The van der Waals surface area contributed by atoms with E-state index in [1.54, 1.807) is 0 Å². The van der Waals surface area contributed by atoms with Crippen molar-refractivity contribution in [1.29, 1.82) is 0 Å². The van der Waals surface area contributed by atoms with Crippen LogP contribution < -0.4 is 5.32 Å². The first kappa shape index (κ1) is 19.9. The van der Waals surface area contributed by atoms with Crippen LogP contribution in [0.25, 0.3) is 10.9 Å². The van der Waals surface area contributed by atoms with Crippen LogP contribution in [0.3, 0.4) is 0 Å². The second kappa shape index (κ2) is 7.67. The molecule has 0 saturated heterocycles. The van der Waals surface area contributed by atoms with Crippen molar-refractivity contribution in [2.45, 2.75) is 64.6 Å². The highest BCUT2D eigenvalue weighted by atomic mass is 35.5. The van der Waals surface area contributed by atoms with Crippen LogP contribution in [0.1, 0.15) is 56.6 Å². The van der Waals surface area contributed by atoms with Crippen LogP contribution in [0.15, 0.2) is 54.7 Å². The summed E-state index contributed by atoms with van der Waals surface area (Å²) >= 11 is 6.46. The molecule has 4 bridgehead atoms. The van der Waals surface area contributed by atoms with E-state index in [0.29, 0.717) is 11.5 Å². The molecule has 0 amide bonds. The first-order chi connectivity index (χ1) is 15.1. The zero-order valence-electron chi connectivity index (χ0n) is 18.5. The predicted octanol–water partition coefficient (Wildman–Crippen LogP) is 7.04. The molecule has 3 aromatic rings. The number of hydrogen-bond donors (Lipinski definition) is 1. The van der Waals surface area contributed by atoms with Gasteiger partial charge >= 0.3 is 0 Å². The number of halogens is 1. The van der Waals surface area contributed by atoms with E-state index in [9.17, 15) is 0 Å². The minimum absolute atomic E-state index is 0.546. The van der Waals surface area contributed by atoms with Gasteiger partial charge in [-0.3, -0.25) is 0 Å². The van der Waals surface area contributed by atoms with Crippen molar-refractivity contribution >= 4 is 22.5 Å². The molecule has 0 radical (unpaired) electrons.